The molecule has 0 amide bonds. The SMILES string of the molecule is CC(=O)c1csc(CN(Cc2ccc(F)cc2)Cc2ccc(Cl)cc2)n1.CC(=O)c1csc(CN(Cc2ccc(F)cc2)Cc2cccc(C(F)(F)F)c2)n1.CC(O)c1csc(CN(Cc2cccc(C(F)(F)F)c2)Cc2ccccc2F)n1.Cc1ccc(CN(Cc2cccc(C(F)(F)F)c2)Cc2nc(C(C)O)cs2)cc1. The van der Waals surface area contributed by atoms with Gasteiger partial charge >= 0.3 is 18.5 Å². The highest BCUT2D eigenvalue weighted by atomic mass is 35.5. The molecule has 0 fully saturated rings. The maximum atomic E-state index is 14.1. The molecular formula is C84H79ClF12N8O4S4. The van der Waals surface area contributed by atoms with Crippen molar-refractivity contribution in [2.75, 3.05) is 0 Å². The molecule has 4 heterocycles. The van der Waals surface area contributed by atoms with Gasteiger partial charge in [-0.05, 0) is 120 Å². The number of thiazole rings is 4. The van der Waals surface area contributed by atoms with Crippen molar-refractivity contribution in [1.82, 2.24) is 39.5 Å². The highest BCUT2D eigenvalue weighted by Crippen LogP contribution is 2.34. The highest BCUT2D eigenvalue weighted by Gasteiger charge is 2.33. The number of aliphatic hydroxyl groups is 2. The third-order valence-corrected chi connectivity index (χ3v) is 20.7. The molecule has 0 spiro atoms. The highest BCUT2D eigenvalue weighted by molar-refractivity contribution is 7.10. The first kappa shape index (κ1) is 87.8. The number of ketones is 2. The Labute approximate surface area is 668 Å². The number of carbonyl (C=O) groups is 2. The molecule has 0 bridgehead atoms. The summed E-state index contributed by atoms with van der Waals surface area (Å²) in [6.07, 6.45) is -14.5. The summed E-state index contributed by atoms with van der Waals surface area (Å²) >= 11 is 11.6. The predicted molar refractivity (Wildman–Crippen MR) is 418 cm³/mol. The molecule has 29 heteroatoms. The maximum Gasteiger partial charge on any atom is 0.416 e. The van der Waals surface area contributed by atoms with Crippen molar-refractivity contribution < 1.29 is 72.5 Å². The molecule has 12 aromatic rings. The van der Waals surface area contributed by atoms with Crippen molar-refractivity contribution >= 4 is 68.5 Å². The van der Waals surface area contributed by atoms with Crippen molar-refractivity contribution in [3.8, 4) is 0 Å². The average molecular weight is 1660 g/mol. The number of aromatic nitrogens is 4. The number of nitrogens with zero attached hydrogens (tertiary/aromatic N) is 8. The third-order valence-electron chi connectivity index (χ3n) is 17.1. The van der Waals surface area contributed by atoms with Crippen LogP contribution >= 0.6 is 56.9 Å². The summed E-state index contributed by atoms with van der Waals surface area (Å²) < 4.78 is 158. The van der Waals surface area contributed by atoms with E-state index in [9.17, 15) is 72.5 Å². The van der Waals surface area contributed by atoms with E-state index >= 15 is 0 Å². The van der Waals surface area contributed by atoms with Crippen molar-refractivity contribution in [1.29, 1.82) is 0 Å². The number of halogens is 13. The second-order valence-electron chi connectivity index (χ2n) is 26.7. The molecule has 594 valence electrons. The molecule has 0 aliphatic carbocycles. The van der Waals surface area contributed by atoms with Gasteiger partial charge in [0.2, 0.25) is 0 Å². The van der Waals surface area contributed by atoms with Crippen molar-refractivity contribution in [2.24, 2.45) is 0 Å². The summed E-state index contributed by atoms with van der Waals surface area (Å²) in [5.74, 6) is -1.15. The van der Waals surface area contributed by atoms with Gasteiger partial charge in [0, 0.05) is 98.3 Å². The Morgan fingerprint density at radius 3 is 0.991 bits per heavy atom. The van der Waals surface area contributed by atoms with Gasteiger partial charge in [0.15, 0.2) is 11.6 Å². The van der Waals surface area contributed by atoms with Gasteiger partial charge in [-0.15, -0.1) is 45.3 Å². The Morgan fingerprint density at radius 1 is 0.381 bits per heavy atom. The number of aliphatic hydroxyl groups excluding tert-OH is 2. The molecule has 8 aromatic carbocycles. The summed E-state index contributed by atoms with van der Waals surface area (Å²) in [6, 6.07) is 50.3. The van der Waals surface area contributed by atoms with E-state index in [1.807, 2.05) is 70.6 Å². The molecule has 12 rings (SSSR count). The second kappa shape index (κ2) is 41.2. The summed E-state index contributed by atoms with van der Waals surface area (Å²) in [4.78, 5) is 48.5. The first-order valence-electron chi connectivity index (χ1n) is 35.2. The van der Waals surface area contributed by atoms with Gasteiger partial charge in [-0.25, -0.2) is 33.1 Å². The van der Waals surface area contributed by atoms with Crippen LogP contribution in [0.2, 0.25) is 5.02 Å². The Morgan fingerprint density at radius 2 is 0.681 bits per heavy atom. The fourth-order valence-corrected chi connectivity index (χ4v) is 15.1. The van der Waals surface area contributed by atoms with Crippen LogP contribution in [-0.2, 0) is 97.1 Å². The van der Waals surface area contributed by atoms with Crippen LogP contribution in [0.15, 0.2) is 216 Å². The number of aryl methyl sites for hydroxylation is 1. The summed E-state index contributed by atoms with van der Waals surface area (Å²) in [5.41, 5.74) is 7.17. The van der Waals surface area contributed by atoms with Crippen LogP contribution in [0.25, 0.3) is 0 Å². The number of Topliss-reactive ketones (excluding diaryl/α,β-unsaturated/α-hetero) is 2. The van der Waals surface area contributed by atoms with E-state index in [-0.39, 0.29) is 48.7 Å². The third kappa shape index (κ3) is 29.0. The van der Waals surface area contributed by atoms with Crippen LogP contribution < -0.4 is 0 Å². The van der Waals surface area contributed by atoms with Gasteiger partial charge in [0.05, 0.1) is 66.5 Å². The average Bonchev–Trinajstić information content (AvgIpc) is 1.53. The summed E-state index contributed by atoms with van der Waals surface area (Å²) in [7, 11) is 0. The minimum absolute atomic E-state index is 0.0321. The zero-order valence-electron chi connectivity index (χ0n) is 61.8. The Bertz CT molecular complexity index is 4950. The molecule has 2 atom stereocenters. The smallest absolute Gasteiger partial charge is 0.387 e. The minimum Gasteiger partial charge on any atom is -0.387 e. The second-order valence-corrected chi connectivity index (χ2v) is 30.9. The van der Waals surface area contributed by atoms with Crippen LogP contribution in [0.3, 0.4) is 0 Å². The fourth-order valence-electron chi connectivity index (χ4n) is 11.4. The summed E-state index contributed by atoms with van der Waals surface area (Å²) in [5, 5.41) is 30.1. The van der Waals surface area contributed by atoms with Crippen molar-refractivity contribution in [3.63, 3.8) is 0 Å². The van der Waals surface area contributed by atoms with Gasteiger partial charge < -0.3 is 10.2 Å². The summed E-state index contributed by atoms with van der Waals surface area (Å²) in [6.45, 7) is 13.3. The number of carbonyl (C=O) groups excluding carboxylic acids is 2. The predicted octanol–water partition coefficient (Wildman–Crippen LogP) is 22.3. The van der Waals surface area contributed by atoms with E-state index in [0.717, 1.165) is 68.2 Å². The first-order valence-corrected chi connectivity index (χ1v) is 39.1. The van der Waals surface area contributed by atoms with Crippen molar-refractivity contribution in [2.45, 2.75) is 144 Å². The van der Waals surface area contributed by atoms with Crippen LogP contribution in [0.1, 0.15) is 159 Å². The van der Waals surface area contributed by atoms with Gasteiger partial charge in [0.1, 0.15) is 48.9 Å². The molecule has 0 saturated carbocycles. The van der Waals surface area contributed by atoms with E-state index in [1.54, 1.807) is 90.7 Å². The zero-order valence-corrected chi connectivity index (χ0v) is 65.8. The normalized spacial score (nSPS) is 12.3. The molecule has 0 radical (unpaired) electrons. The van der Waals surface area contributed by atoms with Crippen LogP contribution in [0.5, 0.6) is 0 Å². The van der Waals surface area contributed by atoms with Gasteiger partial charge in [-0.3, -0.25) is 29.2 Å². The van der Waals surface area contributed by atoms with Crippen LogP contribution in [-0.4, -0.2) is 61.3 Å². The lowest BCUT2D eigenvalue weighted by molar-refractivity contribution is -0.138. The molecule has 2 N–H and O–H groups in total. The lowest BCUT2D eigenvalue weighted by atomic mass is 10.1. The molecule has 113 heavy (non-hydrogen) atoms. The number of rotatable bonds is 28. The Balaban J connectivity index is 0.000000173. The van der Waals surface area contributed by atoms with Gasteiger partial charge in [-0.1, -0.05) is 151 Å². The largest absolute Gasteiger partial charge is 0.416 e. The molecule has 0 saturated heterocycles. The molecule has 12 nitrogen and oxygen atoms in total. The topological polar surface area (TPSA) is 139 Å². The van der Waals surface area contributed by atoms with E-state index in [2.05, 4.69) is 29.7 Å². The van der Waals surface area contributed by atoms with E-state index in [1.165, 1.54) is 114 Å². The van der Waals surface area contributed by atoms with Crippen molar-refractivity contribution in [3.05, 3.63) is 348 Å². The number of benzene rings is 8. The molecule has 4 aromatic heterocycles. The maximum absolute atomic E-state index is 14.1. The van der Waals surface area contributed by atoms with E-state index < -0.39 is 47.4 Å². The standard InChI is InChI=1S/C22H23F3N2OS.C21H20F4N2OS.C21H18F4N2OS.C20H18ClFN2OS/c1-15-6-8-17(9-7-15)11-27(13-21-26-20(14-29-21)16(2)28)12-18-4-3-5-19(10-18)22(23,24)25;1-14(28)19-13-29-20(26-19)12-27(11-16-6-2-3-8-18(16)22)10-15-5-4-7-17(9-15)21(23,24)25;1-14(28)19-13-29-20(26-19)12-27(10-15-5-7-18(22)8-6-15)11-16-3-2-4-17(9-16)21(23,24)25;1-14(25)19-13-26-20(23-19)12-24(10-15-2-6-17(21)7-3-15)11-16-4-8-18(22)9-5-16/h3-10,14,16,28H,11-13H2,1-2H3;2-9,13-14,28H,10-12H2,1H3;2-9,13H,10-12H2,1H3;2-9,13H,10-12H2,1H3. The quantitative estimate of drug-likeness (QED) is 0.0356. The van der Waals surface area contributed by atoms with Crippen LogP contribution in [0, 0.1) is 24.4 Å². The number of alkyl halides is 9. The fraction of sp³-hybridized carbons (Fsp3) is 0.262. The zero-order chi connectivity index (χ0) is 81.6. The van der Waals surface area contributed by atoms with Crippen LogP contribution in [0.4, 0.5) is 52.7 Å². The van der Waals surface area contributed by atoms with Gasteiger partial charge in [-0.2, -0.15) is 39.5 Å². The molecule has 2 unspecified atom stereocenters. The van der Waals surface area contributed by atoms with Gasteiger partial charge in [0.25, 0.3) is 0 Å². The lowest BCUT2D eigenvalue weighted by Crippen LogP contribution is -2.23. The lowest BCUT2D eigenvalue weighted by Gasteiger charge is -2.22. The number of hydrogen-bond acceptors (Lipinski definition) is 16. The Hall–Kier alpha value is -9.17. The first-order chi connectivity index (χ1) is 53.6. The number of hydrogen-bond donors (Lipinski definition) is 2. The minimum atomic E-state index is -4.42. The van der Waals surface area contributed by atoms with E-state index in [0.29, 0.717) is 119 Å². The monoisotopic (exact) mass is 1650 g/mol. The Kier molecular flexibility index (Phi) is 32.0. The van der Waals surface area contributed by atoms with E-state index in [4.69, 9.17) is 11.6 Å². The molecular weight excluding hydrogens is 1580 g/mol. The molecule has 0 aliphatic rings. The molecule has 0 aliphatic heterocycles.